The summed E-state index contributed by atoms with van der Waals surface area (Å²) in [5.41, 5.74) is 3.46. The summed E-state index contributed by atoms with van der Waals surface area (Å²) in [7, 11) is 0. The monoisotopic (exact) mass is 287 g/mol. The minimum Gasteiger partial charge on any atom is -0.388 e. The smallest absolute Gasteiger partial charge is 0.135 e. The average Bonchev–Trinajstić information content (AvgIpc) is 2.90. The van der Waals surface area contributed by atoms with Crippen molar-refractivity contribution in [2.75, 3.05) is 19.6 Å². The molecule has 1 aromatic carbocycles. The van der Waals surface area contributed by atoms with Crippen molar-refractivity contribution in [1.29, 1.82) is 0 Å². The molecular weight excluding hydrogens is 262 g/mol. The van der Waals surface area contributed by atoms with Crippen LogP contribution in [0.3, 0.4) is 0 Å². The van der Waals surface area contributed by atoms with Gasteiger partial charge < -0.3 is 14.6 Å². The molecule has 1 N–H and O–H groups in total. The lowest BCUT2D eigenvalue weighted by Gasteiger charge is -2.26. The fourth-order valence-corrected chi connectivity index (χ4v) is 3.24. The van der Waals surface area contributed by atoms with Gasteiger partial charge in [0.1, 0.15) is 12.4 Å². The molecule has 1 aliphatic heterocycles. The molecule has 1 aromatic heterocycles. The molecule has 0 unspecified atom stereocenters. The Labute approximate surface area is 126 Å². The molecule has 0 amide bonds. The molecule has 0 atom stereocenters. The number of aromatic nitrogens is 2. The molecule has 0 saturated carbocycles. The van der Waals surface area contributed by atoms with Crippen LogP contribution in [0, 0.1) is 0 Å². The summed E-state index contributed by atoms with van der Waals surface area (Å²) in [6.45, 7) is 6.55. The number of aliphatic hydroxyl groups excluding tert-OH is 1. The van der Waals surface area contributed by atoms with E-state index in [4.69, 9.17) is 0 Å². The average molecular weight is 287 g/mol. The number of piperidine rings is 1. The van der Waals surface area contributed by atoms with Gasteiger partial charge in [-0.05, 0) is 50.0 Å². The number of likely N-dealkylation sites (tertiary alicyclic amines) is 1. The first-order valence-electron chi connectivity index (χ1n) is 8.13. The molecule has 1 aliphatic rings. The third kappa shape index (κ3) is 3.11. The van der Waals surface area contributed by atoms with Crippen molar-refractivity contribution < 1.29 is 5.11 Å². The van der Waals surface area contributed by atoms with Crippen LogP contribution in [0.1, 0.15) is 37.6 Å². The van der Waals surface area contributed by atoms with Crippen LogP contribution in [0.4, 0.5) is 0 Å². The van der Waals surface area contributed by atoms with Crippen LogP contribution in [0.15, 0.2) is 18.2 Å². The van der Waals surface area contributed by atoms with Crippen molar-refractivity contribution in [3.63, 3.8) is 0 Å². The fourth-order valence-electron chi connectivity index (χ4n) is 3.24. The second-order valence-electron chi connectivity index (χ2n) is 5.92. The zero-order valence-corrected chi connectivity index (χ0v) is 12.9. The summed E-state index contributed by atoms with van der Waals surface area (Å²) in [5, 5.41) is 9.59. The molecule has 21 heavy (non-hydrogen) atoms. The number of imidazole rings is 1. The Hall–Kier alpha value is -1.39. The number of hydrogen-bond donors (Lipinski definition) is 1. The lowest BCUT2D eigenvalue weighted by molar-refractivity contribution is 0.216. The Bertz CT molecular complexity index is 599. The molecule has 0 aliphatic carbocycles. The molecule has 0 spiro atoms. The SMILES string of the molecule is CCc1ccc2c(c1)nc(CO)n2CCN1CCCCC1. The summed E-state index contributed by atoms with van der Waals surface area (Å²) in [6, 6.07) is 6.46. The number of fused-ring (bicyclic) bond motifs is 1. The van der Waals surface area contributed by atoms with E-state index in [1.807, 2.05) is 0 Å². The van der Waals surface area contributed by atoms with Crippen LogP contribution in [0.25, 0.3) is 11.0 Å². The number of benzene rings is 1. The van der Waals surface area contributed by atoms with E-state index in [-0.39, 0.29) is 6.61 Å². The molecule has 3 rings (SSSR count). The van der Waals surface area contributed by atoms with Gasteiger partial charge >= 0.3 is 0 Å². The second-order valence-corrected chi connectivity index (χ2v) is 5.92. The minimum atomic E-state index is 0.0101. The van der Waals surface area contributed by atoms with E-state index in [9.17, 15) is 5.11 Å². The third-order valence-corrected chi connectivity index (χ3v) is 4.53. The van der Waals surface area contributed by atoms with Gasteiger partial charge in [0.15, 0.2) is 0 Å². The topological polar surface area (TPSA) is 41.3 Å². The maximum atomic E-state index is 9.59. The van der Waals surface area contributed by atoms with Gasteiger partial charge in [-0.25, -0.2) is 4.98 Å². The van der Waals surface area contributed by atoms with E-state index in [2.05, 4.69) is 39.6 Å². The summed E-state index contributed by atoms with van der Waals surface area (Å²) >= 11 is 0. The van der Waals surface area contributed by atoms with Crippen LogP contribution in [-0.4, -0.2) is 39.2 Å². The van der Waals surface area contributed by atoms with Crippen LogP contribution in [0.5, 0.6) is 0 Å². The number of hydrogen-bond acceptors (Lipinski definition) is 3. The molecule has 4 nitrogen and oxygen atoms in total. The van der Waals surface area contributed by atoms with E-state index >= 15 is 0 Å². The first-order valence-corrected chi connectivity index (χ1v) is 8.13. The Morgan fingerprint density at radius 1 is 1.14 bits per heavy atom. The molecule has 2 aromatic rings. The highest BCUT2D eigenvalue weighted by Crippen LogP contribution is 2.19. The zero-order valence-electron chi connectivity index (χ0n) is 12.9. The van der Waals surface area contributed by atoms with Gasteiger partial charge in [0, 0.05) is 13.1 Å². The summed E-state index contributed by atoms with van der Waals surface area (Å²) in [6.07, 6.45) is 5.02. The number of rotatable bonds is 5. The predicted molar refractivity (Wildman–Crippen MR) is 85.3 cm³/mol. The van der Waals surface area contributed by atoms with Gasteiger partial charge in [-0.3, -0.25) is 0 Å². The van der Waals surface area contributed by atoms with Gasteiger partial charge in [-0.1, -0.05) is 19.4 Å². The van der Waals surface area contributed by atoms with Crippen LogP contribution < -0.4 is 0 Å². The Balaban J connectivity index is 1.82. The summed E-state index contributed by atoms with van der Waals surface area (Å²) in [4.78, 5) is 7.12. The maximum absolute atomic E-state index is 9.59. The molecule has 1 saturated heterocycles. The van der Waals surface area contributed by atoms with Crippen molar-refractivity contribution in [1.82, 2.24) is 14.5 Å². The molecule has 0 bridgehead atoms. The fraction of sp³-hybridized carbons (Fsp3) is 0.588. The molecule has 0 radical (unpaired) electrons. The van der Waals surface area contributed by atoms with Crippen molar-refractivity contribution in [2.45, 2.75) is 45.8 Å². The van der Waals surface area contributed by atoms with Crippen molar-refractivity contribution >= 4 is 11.0 Å². The van der Waals surface area contributed by atoms with E-state index in [1.54, 1.807) is 0 Å². The second kappa shape index (κ2) is 6.58. The van der Waals surface area contributed by atoms with E-state index < -0.39 is 0 Å². The van der Waals surface area contributed by atoms with Crippen LogP contribution >= 0.6 is 0 Å². The molecule has 1 fully saturated rings. The van der Waals surface area contributed by atoms with E-state index in [0.717, 1.165) is 36.4 Å². The van der Waals surface area contributed by atoms with Crippen LogP contribution in [-0.2, 0) is 19.6 Å². The van der Waals surface area contributed by atoms with E-state index in [0.29, 0.717) is 0 Å². The highest BCUT2D eigenvalue weighted by Gasteiger charge is 2.13. The van der Waals surface area contributed by atoms with Crippen molar-refractivity contribution in [2.24, 2.45) is 0 Å². The highest BCUT2D eigenvalue weighted by molar-refractivity contribution is 5.77. The number of aliphatic hydroxyl groups is 1. The van der Waals surface area contributed by atoms with Crippen molar-refractivity contribution in [3.05, 3.63) is 29.6 Å². The van der Waals surface area contributed by atoms with Crippen LogP contribution in [0.2, 0.25) is 0 Å². The molecular formula is C17H25N3O. The van der Waals surface area contributed by atoms with Gasteiger partial charge in [-0.15, -0.1) is 0 Å². The Morgan fingerprint density at radius 3 is 2.67 bits per heavy atom. The summed E-state index contributed by atoms with van der Waals surface area (Å²) in [5.74, 6) is 0.787. The van der Waals surface area contributed by atoms with Gasteiger partial charge in [0.25, 0.3) is 0 Å². The molecule has 114 valence electrons. The van der Waals surface area contributed by atoms with Gasteiger partial charge in [0.05, 0.1) is 11.0 Å². The third-order valence-electron chi connectivity index (χ3n) is 4.53. The minimum absolute atomic E-state index is 0.0101. The highest BCUT2D eigenvalue weighted by atomic mass is 16.3. The van der Waals surface area contributed by atoms with Gasteiger partial charge in [-0.2, -0.15) is 0 Å². The van der Waals surface area contributed by atoms with Crippen molar-refractivity contribution in [3.8, 4) is 0 Å². The number of aryl methyl sites for hydroxylation is 1. The lowest BCUT2D eigenvalue weighted by atomic mass is 10.1. The zero-order chi connectivity index (χ0) is 14.7. The summed E-state index contributed by atoms with van der Waals surface area (Å²) < 4.78 is 2.18. The number of nitrogens with zero attached hydrogens (tertiary/aromatic N) is 3. The Morgan fingerprint density at radius 2 is 1.95 bits per heavy atom. The molecule has 4 heteroatoms. The lowest BCUT2D eigenvalue weighted by Crippen LogP contribution is -2.32. The maximum Gasteiger partial charge on any atom is 0.135 e. The quantitative estimate of drug-likeness (QED) is 0.919. The standard InChI is InChI=1S/C17H25N3O/c1-2-14-6-7-16-15(12-14)18-17(13-21)20(16)11-10-19-8-4-3-5-9-19/h6-7,12,21H,2-5,8-11,13H2,1H3. The first kappa shape index (κ1) is 14.5. The van der Waals surface area contributed by atoms with E-state index in [1.165, 1.54) is 37.9 Å². The normalized spacial score (nSPS) is 16.7. The largest absolute Gasteiger partial charge is 0.388 e. The Kier molecular flexibility index (Phi) is 4.56. The molecule has 2 heterocycles. The van der Waals surface area contributed by atoms with Gasteiger partial charge in [0.2, 0.25) is 0 Å². The first-order chi connectivity index (χ1) is 10.3. The predicted octanol–water partition coefficient (Wildman–Crippen LogP) is 2.58.